The Hall–Kier alpha value is -1.51. The molecule has 0 bridgehead atoms. The molecular weight excluding hydrogens is 459 g/mol. The number of nitrogens with zero attached hydrogens (tertiary/aromatic N) is 2. The second-order valence-corrected chi connectivity index (χ2v) is 11.2. The third kappa shape index (κ3) is 6.99. The molecule has 170 valence electrons. The highest BCUT2D eigenvalue weighted by Gasteiger charge is 2.33. The van der Waals surface area contributed by atoms with Crippen LogP contribution < -0.4 is 9.64 Å². The number of ether oxygens (including phenoxy) is 1. The highest BCUT2D eigenvalue weighted by atomic mass is 35.5. The van der Waals surface area contributed by atoms with Crippen LogP contribution in [0.15, 0.2) is 42.5 Å². The Kier molecular flexibility index (Phi) is 8.10. The quantitative estimate of drug-likeness (QED) is 0.584. The van der Waals surface area contributed by atoms with Crippen molar-refractivity contribution in [2.75, 3.05) is 43.7 Å². The van der Waals surface area contributed by atoms with E-state index in [0.29, 0.717) is 35.3 Å². The van der Waals surface area contributed by atoms with E-state index in [0.717, 1.165) is 11.3 Å². The summed E-state index contributed by atoms with van der Waals surface area (Å²) in [5, 5.41) is 11.5. The van der Waals surface area contributed by atoms with Gasteiger partial charge in [-0.2, -0.15) is 0 Å². The number of rotatable bonds is 9. The molecule has 1 heterocycles. The number of hydrogen-bond acceptors (Lipinski definition) is 6. The molecule has 1 N–H and O–H groups in total. The average Bonchev–Trinajstić information content (AvgIpc) is 3.07. The van der Waals surface area contributed by atoms with Gasteiger partial charge in [0.05, 0.1) is 16.5 Å². The fourth-order valence-electron chi connectivity index (χ4n) is 3.64. The fourth-order valence-corrected chi connectivity index (χ4v) is 5.87. The van der Waals surface area contributed by atoms with Gasteiger partial charge in [-0.1, -0.05) is 35.3 Å². The minimum atomic E-state index is -3.04. The predicted octanol–water partition coefficient (Wildman–Crippen LogP) is 3.49. The van der Waals surface area contributed by atoms with Crippen LogP contribution in [0, 0.1) is 0 Å². The normalized spacial score (nSPS) is 18.8. The molecule has 0 radical (unpaired) electrons. The second-order valence-electron chi connectivity index (χ2n) is 8.09. The van der Waals surface area contributed by atoms with E-state index in [1.807, 2.05) is 48.2 Å². The van der Waals surface area contributed by atoms with Crippen LogP contribution in [0.3, 0.4) is 0 Å². The van der Waals surface area contributed by atoms with Gasteiger partial charge in [0.25, 0.3) is 0 Å². The molecule has 1 saturated heterocycles. The van der Waals surface area contributed by atoms with Gasteiger partial charge >= 0.3 is 0 Å². The molecule has 9 heteroatoms. The summed E-state index contributed by atoms with van der Waals surface area (Å²) in [6.45, 7) is 0.879. The summed E-state index contributed by atoms with van der Waals surface area (Å²) in [7, 11) is 0.918. The van der Waals surface area contributed by atoms with Gasteiger partial charge in [-0.15, -0.1) is 0 Å². The highest BCUT2D eigenvalue weighted by Crippen LogP contribution is 2.28. The van der Waals surface area contributed by atoms with Crippen LogP contribution in [0.1, 0.15) is 12.0 Å². The lowest BCUT2D eigenvalue weighted by atomic mass is 10.1. The van der Waals surface area contributed by atoms with Crippen LogP contribution in [0.5, 0.6) is 5.75 Å². The van der Waals surface area contributed by atoms with E-state index in [-0.39, 0.29) is 24.2 Å². The Morgan fingerprint density at radius 2 is 1.87 bits per heavy atom. The standard InChI is InChI=1S/C22H28Cl2N2O4S/c1-25(2)18-6-3-16(4-7-18)12-26(19-9-10-31(28,29)15-19)13-20(27)14-30-22-8-5-17(23)11-21(22)24/h3-8,11,19-20,27H,9-10,12-15H2,1-2H3. The van der Waals surface area contributed by atoms with E-state index in [1.165, 1.54) is 0 Å². The van der Waals surface area contributed by atoms with Gasteiger partial charge in [0.15, 0.2) is 9.84 Å². The molecule has 0 aromatic heterocycles. The molecule has 0 spiro atoms. The van der Waals surface area contributed by atoms with Gasteiger partial charge in [-0.05, 0) is 42.3 Å². The van der Waals surface area contributed by atoms with Crippen LogP contribution >= 0.6 is 23.2 Å². The van der Waals surface area contributed by atoms with Crippen molar-refractivity contribution in [2.45, 2.75) is 25.1 Å². The van der Waals surface area contributed by atoms with Crippen molar-refractivity contribution in [3.05, 3.63) is 58.1 Å². The molecule has 0 aliphatic carbocycles. The Balaban J connectivity index is 1.67. The fraction of sp³-hybridized carbons (Fsp3) is 0.455. The molecule has 0 saturated carbocycles. The lowest BCUT2D eigenvalue weighted by Gasteiger charge is -2.30. The van der Waals surface area contributed by atoms with Gasteiger partial charge in [0.1, 0.15) is 18.5 Å². The summed E-state index contributed by atoms with van der Waals surface area (Å²) in [5.74, 6) is 0.736. The molecular formula is C22H28Cl2N2O4S. The van der Waals surface area contributed by atoms with Gasteiger partial charge in [-0.3, -0.25) is 4.90 Å². The maximum atomic E-state index is 12.0. The number of sulfone groups is 1. The number of halogens is 2. The smallest absolute Gasteiger partial charge is 0.151 e. The highest BCUT2D eigenvalue weighted by molar-refractivity contribution is 7.91. The topological polar surface area (TPSA) is 70.1 Å². The zero-order valence-electron chi connectivity index (χ0n) is 17.7. The van der Waals surface area contributed by atoms with Crippen LogP contribution in [0.2, 0.25) is 10.0 Å². The molecule has 2 unspecified atom stereocenters. The van der Waals surface area contributed by atoms with Gasteiger partial charge in [-0.25, -0.2) is 8.42 Å². The third-order valence-electron chi connectivity index (χ3n) is 5.33. The van der Waals surface area contributed by atoms with Crippen LogP contribution in [-0.2, 0) is 16.4 Å². The third-order valence-corrected chi connectivity index (χ3v) is 7.61. The van der Waals surface area contributed by atoms with Crippen molar-refractivity contribution in [1.29, 1.82) is 0 Å². The Morgan fingerprint density at radius 1 is 1.16 bits per heavy atom. The molecule has 1 aliphatic heterocycles. The molecule has 2 aromatic carbocycles. The Morgan fingerprint density at radius 3 is 2.45 bits per heavy atom. The first-order chi connectivity index (χ1) is 14.6. The van der Waals surface area contributed by atoms with E-state index in [9.17, 15) is 13.5 Å². The lowest BCUT2D eigenvalue weighted by molar-refractivity contribution is 0.0525. The summed E-state index contributed by atoms with van der Waals surface area (Å²) in [5.41, 5.74) is 2.15. The zero-order valence-corrected chi connectivity index (χ0v) is 20.0. The van der Waals surface area contributed by atoms with Crippen molar-refractivity contribution >= 4 is 38.7 Å². The second kappa shape index (κ2) is 10.4. The van der Waals surface area contributed by atoms with Crippen LogP contribution in [0.25, 0.3) is 0 Å². The summed E-state index contributed by atoms with van der Waals surface area (Å²) in [6.07, 6.45) is -0.245. The molecule has 3 rings (SSSR count). The Bertz CT molecular complexity index is 984. The van der Waals surface area contributed by atoms with E-state index >= 15 is 0 Å². The van der Waals surface area contributed by atoms with Crippen molar-refractivity contribution in [3.63, 3.8) is 0 Å². The van der Waals surface area contributed by atoms with Gasteiger partial charge in [0.2, 0.25) is 0 Å². The van der Waals surface area contributed by atoms with Gasteiger partial charge in [0, 0.05) is 43.9 Å². The maximum Gasteiger partial charge on any atom is 0.151 e. The van der Waals surface area contributed by atoms with Crippen molar-refractivity contribution in [3.8, 4) is 5.75 Å². The summed E-state index contributed by atoms with van der Waals surface area (Å²) >= 11 is 12.0. The average molecular weight is 487 g/mol. The largest absolute Gasteiger partial charge is 0.489 e. The molecule has 31 heavy (non-hydrogen) atoms. The van der Waals surface area contributed by atoms with Crippen LogP contribution in [-0.4, -0.2) is 69.3 Å². The monoisotopic (exact) mass is 486 g/mol. The molecule has 1 fully saturated rings. The van der Waals surface area contributed by atoms with E-state index in [4.69, 9.17) is 27.9 Å². The first-order valence-corrected chi connectivity index (χ1v) is 12.7. The van der Waals surface area contributed by atoms with Gasteiger partial charge < -0.3 is 14.7 Å². The zero-order chi connectivity index (χ0) is 22.6. The van der Waals surface area contributed by atoms with E-state index in [2.05, 4.69) is 0 Å². The number of anilines is 1. The number of benzene rings is 2. The summed E-state index contributed by atoms with van der Waals surface area (Å²) < 4.78 is 29.7. The summed E-state index contributed by atoms with van der Waals surface area (Å²) in [4.78, 5) is 4.06. The predicted molar refractivity (Wildman–Crippen MR) is 126 cm³/mol. The summed E-state index contributed by atoms with van der Waals surface area (Å²) in [6, 6.07) is 12.9. The molecule has 2 atom stereocenters. The van der Waals surface area contributed by atoms with Crippen molar-refractivity contribution in [2.24, 2.45) is 0 Å². The van der Waals surface area contributed by atoms with Crippen molar-refractivity contribution in [1.82, 2.24) is 4.90 Å². The lowest BCUT2D eigenvalue weighted by Crippen LogP contribution is -2.42. The maximum absolute atomic E-state index is 12.0. The SMILES string of the molecule is CN(C)c1ccc(CN(CC(O)COc2ccc(Cl)cc2Cl)C2CCS(=O)(=O)C2)cc1. The van der Waals surface area contributed by atoms with Crippen molar-refractivity contribution < 1.29 is 18.3 Å². The molecule has 2 aromatic rings. The van der Waals surface area contributed by atoms with E-state index in [1.54, 1.807) is 18.2 Å². The minimum absolute atomic E-state index is 0.0386. The first-order valence-electron chi connectivity index (χ1n) is 10.1. The van der Waals surface area contributed by atoms with E-state index < -0.39 is 15.9 Å². The number of hydrogen-bond donors (Lipinski definition) is 1. The Labute approximate surface area is 194 Å². The number of aliphatic hydroxyl groups is 1. The molecule has 1 aliphatic rings. The molecule has 6 nitrogen and oxygen atoms in total. The first kappa shape index (κ1) is 24.1. The van der Waals surface area contributed by atoms with Crippen LogP contribution in [0.4, 0.5) is 5.69 Å². The number of aliphatic hydroxyl groups excluding tert-OH is 1. The molecule has 0 amide bonds. The minimum Gasteiger partial charge on any atom is -0.489 e.